The minimum Gasteiger partial charge on any atom is -0.481 e. The summed E-state index contributed by atoms with van der Waals surface area (Å²) in [5.41, 5.74) is 1.30. The van der Waals surface area contributed by atoms with Gasteiger partial charge in [-0.3, -0.25) is 0 Å². The van der Waals surface area contributed by atoms with E-state index in [1.807, 2.05) is 12.3 Å². The summed E-state index contributed by atoms with van der Waals surface area (Å²) < 4.78 is 5.11. The van der Waals surface area contributed by atoms with Crippen LogP contribution in [0.2, 0.25) is 0 Å². The molecule has 1 N–H and O–H groups in total. The number of hydrogen-bond acceptors (Lipinski definition) is 3. The third-order valence-electron chi connectivity index (χ3n) is 4.30. The zero-order valence-corrected chi connectivity index (χ0v) is 12.2. The number of hydrogen-bond donors (Lipinski definition) is 1. The van der Waals surface area contributed by atoms with Gasteiger partial charge in [-0.1, -0.05) is 31.7 Å². The van der Waals surface area contributed by atoms with Crippen LogP contribution in [0, 0.1) is 5.92 Å². The molecule has 0 aliphatic heterocycles. The first-order valence-corrected chi connectivity index (χ1v) is 7.49. The Bertz CT molecular complexity index is 356. The van der Waals surface area contributed by atoms with Crippen molar-refractivity contribution in [3.63, 3.8) is 0 Å². The van der Waals surface area contributed by atoms with Gasteiger partial charge in [-0.25, -0.2) is 4.98 Å². The summed E-state index contributed by atoms with van der Waals surface area (Å²) in [4.78, 5) is 4.30. The van der Waals surface area contributed by atoms with E-state index < -0.39 is 0 Å². The molecular formula is C16H26N2O. The Morgan fingerprint density at radius 3 is 2.53 bits per heavy atom. The van der Waals surface area contributed by atoms with E-state index in [9.17, 15) is 0 Å². The highest BCUT2D eigenvalue weighted by Gasteiger charge is 2.21. The van der Waals surface area contributed by atoms with E-state index in [0.717, 1.165) is 12.3 Å². The molecule has 1 fully saturated rings. The molecule has 1 heterocycles. The number of likely N-dealkylation sites (N-methyl/N-ethyl adjacent to an activating group) is 1. The van der Waals surface area contributed by atoms with Crippen molar-refractivity contribution in [3.05, 3.63) is 23.9 Å². The van der Waals surface area contributed by atoms with Gasteiger partial charge >= 0.3 is 0 Å². The Hall–Kier alpha value is -1.09. The van der Waals surface area contributed by atoms with Crippen molar-refractivity contribution in [2.75, 3.05) is 14.2 Å². The molecule has 1 aliphatic carbocycles. The third kappa shape index (κ3) is 4.20. The second-order valence-electron chi connectivity index (χ2n) is 5.56. The zero-order valence-electron chi connectivity index (χ0n) is 12.2. The summed E-state index contributed by atoms with van der Waals surface area (Å²) in [6.07, 6.45) is 11.4. The topological polar surface area (TPSA) is 34.1 Å². The van der Waals surface area contributed by atoms with E-state index >= 15 is 0 Å². The van der Waals surface area contributed by atoms with Gasteiger partial charge in [0.2, 0.25) is 5.88 Å². The van der Waals surface area contributed by atoms with E-state index in [1.54, 1.807) is 7.11 Å². The number of rotatable bonds is 5. The van der Waals surface area contributed by atoms with Gasteiger partial charge in [0.25, 0.3) is 0 Å². The molecule has 0 amide bonds. The third-order valence-corrected chi connectivity index (χ3v) is 4.30. The van der Waals surface area contributed by atoms with Crippen LogP contribution in [0.25, 0.3) is 0 Å². The highest BCUT2D eigenvalue weighted by molar-refractivity contribution is 5.18. The van der Waals surface area contributed by atoms with Crippen LogP contribution in [0.5, 0.6) is 5.88 Å². The monoisotopic (exact) mass is 262 g/mol. The van der Waals surface area contributed by atoms with Gasteiger partial charge in [-0.05, 0) is 37.8 Å². The van der Waals surface area contributed by atoms with E-state index in [-0.39, 0.29) is 0 Å². The Labute approximate surface area is 116 Å². The minimum absolute atomic E-state index is 0.577. The van der Waals surface area contributed by atoms with Gasteiger partial charge in [-0.15, -0.1) is 0 Å². The van der Waals surface area contributed by atoms with Crippen molar-refractivity contribution < 1.29 is 4.74 Å². The van der Waals surface area contributed by atoms with E-state index in [0.29, 0.717) is 11.9 Å². The van der Waals surface area contributed by atoms with Gasteiger partial charge < -0.3 is 10.1 Å². The predicted molar refractivity (Wildman–Crippen MR) is 78.5 cm³/mol. The fraction of sp³-hybridized carbons (Fsp3) is 0.688. The van der Waals surface area contributed by atoms with Gasteiger partial charge in [-0.2, -0.15) is 0 Å². The average molecular weight is 262 g/mol. The maximum atomic E-state index is 5.11. The summed E-state index contributed by atoms with van der Waals surface area (Å²) >= 11 is 0. The minimum atomic E-state index is 0.577. The summed E-state index contributed by atoms with van der Waals surface area (Å²) in [7, 11) is 3.75. The molecule has 0 spiro atoms. The van der Waals surface area contributed by atoms with Crippen molar-refractivity contribution >= 4 is 0 Å². The molecule has 19 heavy (non-hydrogen) atoms. The Balaban J connectivity index is 1.96. The van der Waals surface area contributed by atoms with Gasteiger partial charge in [0.15, 0.2) is 0 Å². The summed E-state index contributed by atoms with van der Waals surface area (Å²) in [6, 6.07) is 4.66. The van der Waals surface area contributed by atoms with Crippen LogP contribution in [0.4, 0.5) is 0 Å². The predicted octanol–water partition coefficient (Wildman–Crippen LogP) is 3.19. The molecule has 2 rings (SSSR count). The number of nitrogens with one attached hydrogen (secondary N) is 1. The van der Waals surface area contributed by atoms with Crippen LogP contribution in [0.1, 0.15) is 44.1 Å². The molecule has 3 nitrogen and oxygen atoms in total. The van der Waals surface area contributed by atoms with Crippen LogP contribution in [0.15, 0.2) is 18.3 Å². The number of methoxy groups -OCH3 is 1. The quantitative estimate of drug-likeness (QED) is 0.828. The van der Waals surface area contributed by atoms with Crippen molar-refractivity contribution in [3.8, 4) is 5.88 Å². The maximum absolute atomic E-state index is 5.11. The molecule has 0 aromatic carbocycles. The van der Waals surface area contributed by atoms with Gasteiger partial charge in [0, 0.05) is 18.3 Å². The van der Waals surface area contributed by atoms with Crippen molar-refractivity contribution in [1.29, 1.82) is 0 Å². The molecule has 0 saturated heterocycles. The van der Waals surface area contributed by atoms with Crippen molar-refractivity contribution in [2.45, 2.75) is 51.0 Å². The number of ether oxygens (including phenoxy) is 1. The molecular weight excluding hydrogens is 236 g/mol. The first-order valence-electron chi connectivity index (χ1n) is 7.49. The van der Waals surface area contributed by atoms with Crippen LogP contribution < -0.4 is 10.1 Å². The lowest BCUT2D eigenvalue weighted by molar-refractivity contribution is 0.332. The first kappa shape index (κ1) is 14.3. The first-order chi connectivity index (χ1) is 9.33. The molecule has 1 saturated carbocycles. The number of aromatic nitrogens is 1. The smallest absolute Gasteiger partial charge is 0.212 e. The lowest BCUT2D eigenvalue weighted by Gasteiger charge is -2.26. The lowest BCUT2D eigenvalue weighted by Crippen LogP contribution is -2.35. The normalized spacial score (nSPS) is 18.8. The molecule has 3 heteroatoms. The fourth-order valence-corrected chi connectivity index (χ4v) is 3.12. The lowest BCUT2D eigenvalue weighted by atomic mass is 9.88. The van der Waals surface area contributed by atoms with Crippen molar-refractivity contribution in [1.82, 2.24) is 10.3 Å². The van der Waals surface area contributed by atoms with Crippen LogP contribution in [0.3, 0.4) is 0 Å². The van der Waals surface area contributed by atoms with Crippen LogP contribution >= 0.6 is 0 Å². The Morgan fingerprint density at radius 2 is 2.00 bits per heavy atom. The standard InChI is InChI=1S/C16H26N2O/c1-17-15(14-7-5-3-4-6-8-14)11-13-9-10-16(19-2)18-12-13/h9-10,12,14-15,17H,3-8,11H2,1-2H3. The van der Waals surface area contributed by atoms with Gasteiger partial charge in [0.05, 0.1) is 7.11 Å². The SMILES string of the molecule is CNC(Cc1ccc(OC)nc1)C1CCCCCC1. The average Bonchev–Trinajstić information content (AvgIpc) is 2.74. The summed E-state index contributed by atoms with van der Waals surface area (Å²) in [5, 5.41) is 3.52. The van der Waals surface area contributed by atoms with Gasteiger partial charge in [0.1, 0.15) is 0 Å². The molecule has 1 aromatic heterocycles. The summed E-state index contributed by atoms with van der Waals surface area (Å²) in [5.74, 6) is 1.51. The molecule has 0 bridgehead atoms. The van der Waals surface area contributed by atoms with Crippen molar-refractivity contribution in [2.24, 2.45) is 5.92 Å². The molecule has 1 unspecified atom stereocenters. The second-order valence-corrected chi connectivity index (χ2v) is 5.56. The maximum Gasteiger partial charge on any atom is 0.212 e. The highest BCUT2D eigenvalue weighted by Crippen LogP contribution is 2.27. The highest BCUT2D eigenvalue weighted by atomic mass is 16.5. The summed E-state index contributed by atoms with van der Waals surface area (Å²) in [6.45, 7) is 0. The molecule has 1 aromatic rings. The second kappa shape index (κ2) is 7.49. The van der Waals surface area contributed by atoms with E-state index in [1.165, 1.54) is 44.1 Å². The largest absolute Gasteiger partial charge is 0.481 e. The van der Waals surface area contributed by atoms with E-state index in [4.69, 9.17) is 4.74 Å². The zero-order chi connectivity index (χ0) is 13.5. The molecule has 1 aliphatic rings. The number of pyridine rings is 1. The van der Waals surface area contributed by atoms with Crippen LogP contribution in [-0.4, -0.2) is 25.2 Å². The molecule has 0 radical (unpaired) electrons. The fourth-order valence-electron chi connectivity index (χ4n) is 3.12. The van der Waals surface area contributed by atoms with Crippen LogP contribution in [-0.2, 0) is 6.42 Å². The molecule has 1 atom stereocenters. The Morgan fingerprint density at radius 1 is 1.26 bits per heavy atom. The molecule has 106 valence electrons. The number of nitrogens with zero attached hydrogens (tertiary/aromatic N) is 1. The van der Waals surface area contributed by atoms with E-state index in [2.05, 4.69) is 23.4 Å². The Kier molecular flexibility index (Phi) is 5.64.